The van der Waals surface area contributed by atoms with E-state index < -0.39 is 29.7 Å². The first-order valence-corrected chi connectivity index (χ1v) is 12.2. The zero-order valence-electron chi connectivity index (χ0n) is 20.4. The van der Waals surface area contributed by atoms with Crippen molar-refractivity contribution in [3.05, 3.63) is 93.2 Å². The molecule has 2 heterocycles. The van der Waals surface area contributed by atoms with Crippen molar-refractivity contribution < 1.29 is 19.7 Å². The van der Waals surface area contributed by atoms with Gasteiger partial charge >= 0.3 is 0 Å². The summed E-state index contributed by atoms with van der Waals surface area (Å²) in [6.45, 7) is 3.85. The Balaban J connectivity index is 1.41. The lowest BCUT2D eigenvalue weighted by molar-refractivity contribution is -0.123. The summed E-state index contributed by atoms with van der Waals surface area (Å²) in [5, 5.41) is 21.8. The lowest BCUT2D eigenvalue weighted by atomic mass is 9.94. The van der Waals surface area contributed by atoms with Crippen molar-refractivity contribution in [2.75, 3.05) is 39.5 Å². The summed E-state index contributed by atoms with van der Waals surface area (Å²) >= 11 is 0. The van der Waals surface area contributed by atoms with E-state index in [1.807, 2.05) is 36.4 Å². The quantitative estimate of drug-likeness (QED) is 0.340. The van der Waals surface area contributed by atoms with Crippen LogP contribution >= 0.6 is 0 Å². The van der Waals surface area contributed by atoms with Crippen LogP contribution < -0.4 is 10.9 Å². The van der Waals surface area contributed by atoms with Gasteiger partial charge in [0.15, 0.2) is 0 Å². The summed E-state index contributed by atoms with van der Waals surface area (Å²) < 4.78 is 5.40. The number of nitrogens with one attached hydrogen (secondary N) is 2. The highest BCUT2D eigenvalue weighted by Gasteiger charge is 2.20. The van der Waals surface area contributed by atoms with Crippen LogP contribution in [0, 0.1) is 11.8 Å². The number of amides is 1. The summed E-state index contributed by atoms with van der Waals surface area (Å²) in [4.78, 5) is 32.2. The van der Waals surface area contributed by atoms with Gasteiger partial charge in [-0.1, -0.05) is 36.1 Å². The number of nitrogens with zero attached hydrogens (tertiary/aromatic N) is 2. The molecule has 4 N–H and O–H groups in total. The van der Waals surface area contributed by atoms with Crippen LogP contribution in [0.3, 0.4) is 0 Å². The highest BCUT2D eigenvalue weighted by atomic mass is 16.5. The first-order chi connectivity index (χ1) is 18.0. The van der Waals surface area contributed by atoms with Crippen LogP contribution in [0.1, 0.15) is 33.9 Å². The lowest BCUT2D eigenvalue weighted by Gasteiger charge is -2.26. The predicted octanol–water partition coefficient (Wildman–Crippen LogP) is 1.14. The van der Waals surface area contributed by atoms with Crippen LogP contribution in [0.15, 0.2) is 59.7 Å². The number of aromatic amines is 1. The Morgan fingerprint density at radius 1 is 1.05 bits per heavy atom. The highest BCUT2D eigenvalue weighted by Crippen LogP contribution is 2.23. The average Bonchev–Trinajstić information content (AvgIpc) is 2.93. The third kappa shape index (κ3) is 7.51. The molecule has 1 aliphatic heterocycles. The summed E-state index contributed by atoms with van der Waals surface area (Å²) in [7, 11) is 0. The molecule has 1 fully saturated rings. The summed E-state index contributed by atoms with van der Waals surface area (Å²) in [6, 6.07) is 15.9. The second-order valence-electron chi connectivity index (χ2n) is 8.86. The number of aromatic nitrogens is 2. The number of ether oxygens (including phenoxy) is 1. The highest BCUT2D eigenvalue weighted by molar-refractivity contribution is 5.76. The topological polar surface area (TPSA) is 128 Å². The molecule has 1 saturated heterocycles. The van der Waals surface area contributed by atoms with E-state index in [1.165, 1.54) is 11.9 Å². The van der Waals surface area contributed by atoms with E-state index in [4.69, 9.17) is 9.84 Å². The van der Waals surface area contributed by atoms with E-state index in [1.54, 1.807) is 0 Å². The fraction of sp³-hybridized carbons (Fsp3) is 0.321. The maximum absolute atomic E-state index is 11.8. The van der Waals surface area contributed by atoms with Gasteiger partial charge in [0.25, 0.3) is 5.56 Å². The molecule has 0 spiro atoms. The van der Waals surface area contributed by atoms with E-state index >= 15 is 0 Å². The minimum absolute atomic E-state index is 0.104. The molecule has 1 aliphatic rings. The predicted molar refractivity (Wildman–Crippen MR) is 138 cm³/mol. The van der Waals surface area contributed by atoms with Gasteiger partial charge in [-0.15, -0.1) is 0 Å². The van der Waals surface area contributed by atoms with Gasteiger partial charge in [0, 0.05) is 43.2 Å². The fourth-order valence-corrected chi connectivity index (χ4v) is 4.13. The summed E-state index contributed by atoms with van der Waals surface area (Å²) in [6.07, 6.45) is 1.63. The van der Waals surface area contributed by atoms with Gasteiger partial charge in [-0.25, -0.2) is 4.98 Å². The largest absolute Gasteiger partial charge is 0.502 e. The minimum Gasteiger partial charge on any atom is -0.502 e. The Hall–Kier alpha value is -3.97. The van der Waals surface area contributed by atoms with Crippen molar-refractivity contribution in [3.8, 4) is 17.6 Å². The first-order valence-electron chi connectivity index (χ1n) is 12.2. The van der Waals surface area contributed by atoms with Crippen molar-refractivity contribution in [1.29, 1.82) is 0 Å². The number of H-pyrrole nitrogens is 1. The minimum atomic E-state index is -0.650. The molecule has 1 aromatic heterocycles. The van der Waals surface area contributed by atoms with E-state index in [0.29, 0.717) is 6.42 Å². The molecule has 2 aromatic carbocycles. The molecule has 0 saturated carbocycles. The van der Waals surface area contributed by atoms with Crippen LogP contribution in [0.5, 0.6) is 5.75 Å². The number of carbonyl (C=O) groups excluding carboxylic acids is 1. The number of aromatic hydroxyl groups is 1. The van der Waals surface area contributed by atoms with Crippen LogP contribution in [0.25, 0.3) is 0 Å². The normalized spacial score (nSPS) is 14.4. The third-order valence-electron chi connectivity index (χ3n) is 6.18. The molecule has 3 aromatic rings. The van der Waals surface area contributed by atoms with Crippen LogP contribution in [0.4, 0.5) is 0 Å². The number of benzene rings is 2. The average molecular weight is 503 g/mol. The van der Waals surface area contributed by atoms with Gasteiger partial charge in [-0.2, -0.15) is 0 Å². The van der Waals surface area contributed by atoms with Gasteiger partial charge in [-0.05, 0) is 41.8 Å². The number of hydrogen-bond acceptors (Lipinski definition) is 7. The summed E-state index contributed by atoms with van der Waals surface area (Å²) in [5.74, 6) is 4.88. The molecule has 1 amide bonds. The molecule has 9 heteroatoms. The second kappa shape index (κ2) is 12.8. The van der Waals surface area contributed by atoms with Gasteiger partial charge in [-0.3, -0.25) is 14.5 Å². The number of rotatable bonds is 8. The molecule has 37 heavy (non-hydrogen) atoms. The molecule has 192 valence electrons. The molecule has 1 atom stereocenters. The Morgan fingerprint density at radius 3 is 2.30 bits per heavy atom. The fourth-order valence-electron chi connectivity index (χ4n) is 4.13. The molecular formula is C28H30N4O5. The van der Waals surface area contributed by atoms with Crippen LogP contribution in [-0.2, 0) is 22.5 Å². The maximum Gasteiger partial charge on any atom is 0.293 e. The van der Waals surface area contributed by atoms with Crippen molar-refractivity contribution in [2.24, 2.45) is 0 Å². The molecule has 4 rings (SSSR count). The van der Waals surface area contributed by atoms with E-state index in [-0.39, 0.29) is 12.2 Å². The van der Waals surface area contributed by atoms with Crippen molar-refractivity contribution >= 4 is 5.91 Å². The van der Waals surface area contributed by atoms with E-state index in [9.17, 15) is 14.7 Å². The zero-order chi connectivity index (χ0) is 26.0. The SMILES string of the molecule is O=C(CO)NCC(Cc1ccc(C#Cc2ccc(CN3CCOCC3)cc2)cc1)c1nc[nH]c(=O)c1O. The number of hydrogen-bond donors (Lipinski definition) is 4. The van der Waals surface area contributed by atoms with Crippen LogP contribution in [-0.4, -0.2) is 70.4 Å². The Morgan fingerprint density at radius 2 is 1.68 bits per heavy atom. The first kappa shape index (κ1) is 26.1. The lowest BCUT2D eigenvalue weighted by Crippen LogP contribution is -2.35. The maximum atomic E-state index is 11.8. The Bertz CT molecular complexity index is 1300. The molecule has 9 nitrogen and oxygen atoms in total. The summed E-state index contributed by atoms with van der Waals surface area (Å²) in [5.41, 5.74) is 3.49. The number of aliphatic hydroxyl groups is 1. The van der Waals surface area contributed by atoms with Gasteiger partial charge < -0.3 is 25.3 Å². The number of carbonyl (C=O) groups is 1. The molecule has 0 bridgehead atoms. The van der Waals surface area contributed by atoms with Crippen LogP contribution in [0.2, 0.25) is 0 Å². The van der Waals surface area contributed by atoms with Gasteiger partial charge in [0.05, 0.1) is 25.2 Å². The molecule has 1 unspecified atom stereocenters. The van der Waals surface area contributed by atoms with E-state index in [0.717, 1.165) is 49.5 Å². The van der Waals surface area contributed by atoms with Gasteiger partial charge in [0.1, 0.15) is 6.61 Å². The molecular weight excluding hydrogens is 472 g/mol. The van der Waals surface area contributed by atoms with Gasteiger partial charge in [0.2, 0.25) is 11.7 Å². The standard InChI is InChI=1S/C28H30N4O5/c33-18-25(34)29-16-24(26-27(35)28(36)31-19-30-26)15-22-7-3-20(4-8-22)1-2-21-5-9-23(10-6-21)17-32-11-13-37-14-12-32/h3-10,19,24,33,35H,11-18H2,(H,29,34)(H,30,31,36). The zero-order valence-corrected chi connectivity index (χ0v) is 20.4. The second-order valence-corrected chi connectivity index (χ2v) is 8.86. The van der Waals surface area contributed by atoms with Crippen molar-refractivity contribution in [1.82, 2.24) is 20.2 Å². The third-order valence-corrected chi connectivity index (χ3v) is 6.18. The smallest absolute Gasteiger partial charge is 0.293 e. The number of aliphatic hydroxyl groups excluding tert-OH is 1. The molecule has 0 aliphatic carbocycles. The monoisotopic (exact) mass is 502 g/mol. The van der Waals surface area contributed by atoms with Crippen molar-refractivity contribution in [3.63, 3.8) is 0 Å². The molecule has 0 radical (unpaired) electrons. The van der Waals surface area contributed by atoms with E-state index in [2.05, 4.69) is 44.2 Å². The van der Waals surface area contributed by atoms with Crippen molar-refractivity contribution in [2.45, 2.75) is 18.9 Å². The number of morpholine rings is 1. The Labute approximate surface area is 215 Å². The Kier molecular flexibility index (Phi) is 9.05.